The maximum Gasteiger partial charge on any atom is 0.328 e. The molecule has 0 spiro atoms. The lowest BCUT2D eigenvalue weighted by Crippen LogP contribution is -2.50. The van der Waals surface area contributed by atoms with Crippen molar-refractivity contribution in [3.63, 3.8) is 0 Å². The summed E-state index contributed by atoms with van der Waals surface area (Å²) in [4.78, 5) is 37.2. The Morgan fingerprint density at radius 1 is 1.30 bits per heavy atom. The highest BCUT2D eigenvalue weighted by Gasteiger charge is 2.35. The summed E-state index contributed by atoms with van der Waals surface area (Å²) in [5, 5.41) is 1.48. The number of esters is 1. The van der Waals surface area contributed by atoms with Crippen molar-refractivity contribution >= 4 is 23.5 Å². The number of carbonyl (C=O) groups is 3. The van der Waals surface area contributed by atoms with Gasteiger partial charge in [-0.25, -0.2) is 4.79 Å². The molecule has 1 aliphatic heterocycles. The van der Waals surface area contributed by atoms with Crippen LogP contribution in [0.15, 0.2) is 30.3 Å². The second-order valence-corrected chi connectivity index (χ2v) is 5.36. The molecule has 124 valence electrons. The SMILES string of the molecule is COC(=O)[C@@H]1CCCN1C(=O)CN(NC(C)=O)c1ccccc1. The van der Waals surface area contributed by atoms with E-state index in [1.54, 1.807) is 12.1 Å². The van der Waals surface area contributed by atoms with E-state index in [4.69, 9.17) is 4.74 Å². The molecule has 0 unspecified atom stereocenters. The number of anilines is 1. The van der Waals surface area contributed by atoms with E-state index in [0.717, 1.165) is 6.42 Å². The monoisotopic (exact) mass is 319 g/mol. The Hall–Kier alpha value is -2.57. The molecule has 0 aliphatic carbocycles. The third-order valence-electron chi connectivity index (χ3n) is 3.70. The Kier molecular flexibility index (Phi) is 5.56. The van der Waals surface area contributed by atoms with Gasteiger partial charge in [-0.3, -0.25) is 20.0 Å². The molecular weight excluding hydrogens is 298 g/mol. The summed E-state index contributed by atoms with van der Waals surface area (Å²) in [5.74, 6) is -0.898. The first-order valence-corrected chi connectivity index (χ1v) is 7.50. The Morgan fingerprint density at radius 3 is 2.61 bits per heavy atom. The average Bonchev–Trinajstić information content (AvgIpc) is 3.03. The van der Waals surface area contributed by atoms with Crippen LogP contribution < -0.4 is 10.4 Å². The fourth-order valence-corrected chi connectivity index (χ4v) is 2.67. The Balaban J connectivity index is 2.11. The number of carbonyl (C=O) groups excluding carboxylic acids is 3. The average molecular weight is 319 g/mol. The summed E-state index contributed by atoms with van der Waals surface area (Å²) in [5.41, 5.74) is 3.34. The molecule has 2 amide bonds. The van der Waals surface area contributed by atoms with Gasteiger partial charge < -0.3 is 9.64 Å². The van der Waals surface area contributed by atoms with E-state index in [2.05, 4.69) is 5.43 Å². The fourth-order valence-electron chi connectivity index (χ4n) is 2.67. The largest absolute Gasteiger partial charge is 0.467 e. The zero-order valence-corrected chi connectivity index (χ0v) is 13.3. The molecule has 0 radical (unpaired) electrons. The number of hydrogen-bond acceptors (Lipinski definition) is 5. The van der Waals surface area contributed by atoms with Crippen molar-refractivity contribution in [1.29, 1.82) is 0 Å². The third-order valence-corrected chi connectivity index (χ3v) is 3.70. The van der Waals surface area contributed by atoms with E-state index in [0.29, 0.717) is 18.7 Å². The van der Waals surface area contributed by atoms with Crippen molar-refractivity contribution < 1.29 is 19.1 Å². The van der Waals surface area contributed by atoms with E-state index in [-0.39, 0.29) is 18.4 Å². The van der Waals surface area contributed by atoms with Gasteiger partial charge in [0, 0.05) is 13.5 Å². The number of para-hydroxylation sites is 1. The molecule has 0 aromatic heterocycles. The summed E-state index contributed by atoms with van der Waals surface area (Å²) < 4.78 is 4.75. The summed E-state index contributed by atoms with van der Waals surface area (Å²) in [6.07, 6.45) is 1.36. The predicted molar refractivity (Wildman–Crippen MR) is 84.4 cm³/mol. The number of ether oxygens (including phenoxy) is 1. The second-order valence-electron chi connectivity index (χ2n) is 5.36. The predicted octanol–water partition coefficient (Wildman–Crippen LogP) is 0.708. The van der Waals surface area contributed by atoms with Gasteiger partial charge in [-0.05, 0) is 25.0 Å². The first kappa shape index (κ1) is 16.8. The van der Waals surface area contributed by atoms with Crippen LogP contribution in [-0.4, -0.2) is 48.9 Å². The zero-order chi connectivity index (χ0) is 16.8. The van der Waals surface area contributed by atoms with Crippen molar-refractivity contribution in [2.75, 3.05) is 25.2 Å². The molecule has 1 N–H and O–H groups in total. The van der Waals surface area contributed by atoms with Gasteiger partial charge in [-0.2, -0.15) is 0 Å². The van der Waals surface area contributed by atoms with Gasteiger partial charge in [0.1, 0.15) is 12.6 Å². The number of benzene rings is 1. The minimum Gasteiger partial charge on any atom is -0.467 e. The molecule has 1 heterocycles. The summed E-state index contributed by atoms with van der Waals surface area (Å²) >= 11 is 0. The molecule has 1 aromatic carbocycles. The maximum atomic E-state index is 12.6. The van der Waals surface area contributed by atoms with E-state index in [9.17, 15) is 14.4 Å². The van der Waals surface area contributed by atoms with Crippen LogP contribution in [0.3, 0.4) is 0 Å². The molecular formula is C16H21N3O4. The molecule has 0 bridgehead atoms. The van der Waals surface area contributed by atoms with Gasteiger partial charge in [-0.1, -0.05) is 18.2 Å². The van der Waals surface area contributed by atoms with Gasteiger partial charge in [0.15, 0.2) is 0 Å². The third kappa shape index (κ3) is 4.21. The zero-order valence-electron chi connectivity index (χ0n) is 13.3. The smallest absolute Gasteiger partial charge is 0.328 e. The topological polar surface area (TPSA) is 79.0 Å². The van der Waals surface area contributed by atoms with E-state index < -0.39 is 12.0 Å². The minimum absolute atomic E-state index is 0.0446. The number of nitrogens with zero attached hydrogens (tertiary/aromatic N) is 2. The normalized spacial score (nSPS) is 16.8. The molecule has 1 fully saturated rings. The Bertz CT molecular complexity index is 576. The first-order chi connectivity index (χ1) is 11.0. The quantitative estimate of drug-likeness (QED) is 0.639. The molecule has 0 saturated carbocycles. The summed E-state index contributed by atoms with van der Waals surface area (Å²) in [7, 11) is 1.32. The van der Waals surface area contributed by atoms with Crippen LogP contribution >= 0.6 is 0 Å². The number of rotatable bonds is 5. The number of methoxy groups -OCH3 is 1. The Morgan fingerprint density at radius 2 is 2.00 bits per heavy atom. The highest BCUT2D eigenvalue weighted by molar-refractivity contribution is 5.88. The number of nitrogens with one attached hydrogen (secondary N) is 1. The van der Waals surface area contributed by atoms with Gasteiger partial charge in [0.05, 0.1) is 12.8 Å². The summed E-state index contributed by atoms with van der Waals surface area (Å²) in [6.45, 7) is 1.85. The molecule has 1 atom stereocenters. The maximum absolute atomic E-state index is 12.6. The van der Waals surface area contributed by atoms with Crippen molar-refractivity contribution in [1.82, 2.24) is 10.3 Å². The van der Waals surface area contributed by atoms with Crippen LogP contribution in [0.4, 0.5) is 5.69 Å². The molecule has 7 nitrogen and oxygen atoms in total. The Labute approximate surface area is 135 Å². The van der Waals surface area contributed by atoms with E-state index >= 15 is 0 Å². The standard InChI is InChI=1S/C16H21N3O4/c1-12(20)17-19(13-7-4-3-5-8-13)11-15(21)18-10-6-9-14(18)16(22)23-2/h3-5,7-8,14H,6,9-11H2,1-2H3,(H,17,20)/t14-/m0/s1. The van der Waals surface area contributed by atoms with Crippen LogP contribution in [0.25, 0.3) is 0 Å². The van der Waals surface area contributed by atoms with Gasteiger partial charge in [-0.15, -0.1) is 0 Å². The molecule has 2 rings (SSSR count). The lowest BCUT2D eigenvalue weighted by atomic mass is 10.2. The highest BCUT2D eigenvalue weighted by atomic mass is 16.5. The van der Waals surface area contributed by atoms with Crippen LogP contribution in [-0.2, 0) is 19.1 Å². The molecule has 1 saturated heterocycles. The molecule has 7 heteroatoms. The van der Waals surface area contributed by atoms with Crippen molar-refractivity contribution in [3.05, 3.63) is 30.3 Å². The number of amides is 2. The first-order valence-electron chi connectivity index (χ1n) is 7.50. The molecule has 1 aliphatic rings. The minimum atomic E-state index is -0.539. The number of likely N-dealkylation sites (tertiary alicyclic amines) is 1. The summed E-state index contributed by atoms with van der Waals surface area (Å²) in [6, 6.07) is 8.55. The lowest BCUT2D eigenvalue weighted by Gasteiger charge is -2.28. The second kappa shape index (κ2) is 7.62. The number of hydrogen-bond donors (Lipinski definition) is 1. The number of hydrazine groups is 1. The van der Waals surface area contributed by atoms with Crippen molar-refractivity contribution in [2.45, 2.75) is 25.8 Å². The highest BCUT2D eigenvalue weighted by Crippen LogP contribution is 2.19. The van der Waals surface area contributed by atoms with Crippen LogP contribution in [0.5, 0.6) is 0 Å². The van der Waals surface area contributed by atoms with Crippen molar-refractivity contribution in [3.8, 4) is 0 Å². The fraction of sp³-hybridized carbons (Fsp3) is 0.438. The molecule has 23 heavy (non-hydrogen) atoms. The van der Waals surface area contributed by atoms with Crippen LogP contribution in [0.1, 0.15) is 19.8 Å². The van der Waals surface area contributed by atoms with Gasteiger partial charge in [0.25, 0.3) is 0 Å². The van der Waals surface area contributed by atoms with E-state index in [1.165, 1.54) is 23.9 Å². The van der Waals surface area contributed by atoms with E-state index in [1.807, 2.05) is 18.2 Å². The van der Waals surface area contributed by atoms with Crippen LogP contribution in [0, 0.1) is 0 Å². The lowest BCUT2D eigenvalue weighted by molar-refractivity contribution is -0.150. The molecule has 1 aromatic rings. The van der Waals surface area contributed by atoms with Crippen molar-refractivity contribution in [2.24, 2.45) is 0 Å². The van der Waals surface area contributed by atoms with Gasteiger partial charge >= 0.3 is 5.97 Å². The van der Waals surface area contributed by atoms with Crippen LogP contribution in [0.2, 0.25) is 0 Å². The van der Waals surface area contributed by atoms with Gasteiger partial charge in [0.2, 0.25) is 11.8 Å².